The molecule has 0 spiro atoms. The Morgan fingerprint density at radius 2 is 2.11 bits per heavy atom. The molecule has 1 fully saturated rings. The third-order valence-corrected chi connectivity index (χ3v) is 5.09. The Morgan fingerprint density at radius 3 is 2.84 bits per heavy atom. The molecule has 1 heterocycles. The first-order valence-electron chi connectivity index (χ1n) is 7.19. The van der Waals surface area contributed by atoms with Gasteiger partial charge in [-0.05, 0) is 43.5 Å². The van der Waals surface area contributed by atoms with Crippen molar-refractivity contribution in [2.24, 2.45) is 0 Å². The van der Waals surface area contributed by atoms with Crippen LogP contribution in [0.5, 0.6) is 0 Å². The molecule has 0 bridgehead atoms. The normalized spacial score (nSPS) is 15.5. The highest BCUT2D eigenvalue weighted by Crippen LogP contribution is 2.32. The number of hydrogen-bond acceptors (Lipinski definition) is 3. The van der Waals surface area contributed by atoms with Crippen molar-refractivity contribution in [1.29, 1.82) is 0 Å². The Balaban J connectivity index is 1.90. The third kappa shape index (κ3) is 2.99. The summed E-state index contributed by atoms with van der Waals surface area (Å²) in [6.45, 7) is 5.41. The molecule has 2 aromatic rings. The second-order valence-corrected chi connectivity index (χ2v) is 6.62. The Kier molecular flexibility index (Phi) is 3.87. The summed E-state index contributed by atoms with van der Waals surface area (Å²) in [6, 6.07) is 9.59. The van der Waals surface area contributed by atoms with Gasteiger partial charge in [-0.25, -0.2) is 0 Å². The lowest BCUT2D eigenvalue weighted by atomic mass is 10.1. The van der Waals surface area contributed by atoms with Crippen LogP contribution in [-0.4, -0.2) is 24.5 Å². The number of benzene rings is 1. The predicted molar refractivity (Wildman–Crippen MR) is 83.7 cm³/mol. The summed E-state index contributed by atoms with van der Waals surface area (Å²) >= 11 is 1.96. The van der Waals surface area contributed by atoms with Gasteiger partial charge in [0.1, 0.15) is 0 Å². The van der Waals surface area contributed by atoms with Crippen LogP contribution >= 0.6 is 11.3 Å². The Labute approximate surface area is 119 Å². The molecule has 1 aliphatic rings. The predicted octanol–water partition coefficient (Wildman–Crippen LogP) is 3.61. The maximum absolute atomic E-state index is 3.66. The summed E-state index contributed by atoms with van der Waals surface area (Å²) in [5.74, 6) is 0. The van der Waals surface area contributed by atoms with E-state index in [1.807, 2.05) is 11.3 Å². The molecule has 19 heavy (non-hydrogen) atoms. The van der Waals surface area contributed by atoms with Gasteiger partial charge in [0.2, 0.25) is 0 Å². The molecule has 0 saturated heterocycles. The van der Waals surface area contributed by atoms with Crippen LogP contribution < -0.4 is 5.32 Å². The maximum Gasteiger partial charge on any atom is 0.0349 e. The summed E-state index contributed by atoms with van der Waals surface area (Å²) in [5.41, 5.74) is 1.53. The van der Waals surface area contributed by atoms with Gasteiger partial charge < -0.3 is 10.2 Å². The summed E-state index contributed by atoms with van der Waals surface area (Å²) in [6.07, 6.45) is 2.71. The number of hydrogen-bond donors (Lipinski definition) is 1. The molecule has 3 rings (SSSR count). The minimum atomic E-state index is 0.780. The van der Waals surface area contributed by atoms with E-state index in [9.17, 15) is 0 Å². The minimum absolute atomic E-state index is 0.780. The summed E-state index contributed by atoms with van der Waals surface area (Å²) < 4.78 is 1.43. The van der Waals surface area contributed by atoms with E-state index in [1.54, 1.807) is 0 Å². The molecular weight excluding hydrogens is 252 g/mol. The lowest BCUT2D eigenvalue weighted by Crippen LogP contribution is -2.19. The van der Waals surface area contributed by atoms with Crippen molar-refractivity contribution in [3.63, 3.8) is 0 Å². The van der Waals surface area contributed by atoms with Crippen molar-refractivity contribution in [1.82, 2.24) is 10.2 Å². The van der Waals surface area contributed by atoms with Crippen LogP contribution in [0.3, 0.4) is 0 Å². The van der Waals surface area contributed by atoms with Crippen LogP contribution in [0.1, 0.15) is 30.2 Å². The molecule has 3 heteroatoms. The van der Waals surface area contributed by atoms with Crippen LogP contribution in [0, 0.1) is 0 Å². The van der Waals surface area contributed by atoms with Gasteiger partial charge in [0.25, 0.3) is 0 Å². The van der Waals surface area contributed by atoms with Crippen LogP contribution in [-0.2, 0) is 13.1 Å². The van der Waals surface area contributed by atoms with Crippen molar-refractivity contribution >= 4 is 21.4 Å². The Hall–Kier alpha value is -0.900. The smallest absolute Gasteiger partial charge is 0.0349 e. The van der Waals surface area contributed by atoms with Crippen LogP contribution in [0.15, 0.2) is 24.3 Å². The fourth-order valence-electron chi connectivity index (χ4n) is 2.37. The number of fused-ring (bicyclic) bond motifs is 1. The van der Waals surface area contributed by atoms with Crippen molar-refractivity contribution in [3.05, 3.63) is 34.7 Å². The fourth-order valence-corrected chi connectivity index (χ4v) is 3.54. The highest BCUT2D eigenvalue weighted by molar-refractivity contribution is 7.19. The summed E-state index contributed by atoms with van der Waals surface area (Å²) in [7, 11) is 2.20. The monoisotopic (exact) mass is 274 g/mol. The Bertz CT molecular complexity index is 557. The average Bonchev–Trinajstić information content (AvgIpc) is 3.20. The zero-order valence-corrected chi connectivity index (χ0v) is 12.6. The molecule has 0 aliphatic heterocycles. The van der Waals surface area contributed by atoms with Gasteiger partial charge >= 0.3 is 0 Å². The number of nitrogens with one attached hydrogen (secondary N) is 1. The standard InChI is InChI=1S/C16H22N2S/c1-3-18(2)11-14-13-6-4-5-7-15(13)19-16(14)10-17-12-8-9-12/h4-7,12,17H,3,8-11H2,1-2H3. The van der Waals surface area contributed by atoms with E-state index in [2.05, 4.69) is 48.5 Å². The quantitative estimate of drug-likeness (QED) is 0.866. The van der Waals surface area contributed by atoms with Gasteiger partial charge in [-0.15, -0.1) is 11.3 Å². The van der Waals surface area contributed by atoms with E-state index < -0.39 is 0 Å². The molecule has 2 nitrogen and oxygen atoms in total. The van der Waals surface area contributed by atoms with E-state index in [1.165, 1.54) is 33.4 Å². The number of nitrogens with zero attached hydrogens (tertiary/aromatic N) is 1. The fraction of sp³-hybridized carbons (Fsp3) is 0.500. The second-order valence-electron chi connectivity index (χ2n) is 5.49. The van der Waals surface area contributed by atoms with Gasteiger partial charge in [-0.3, -0.25) is 0 Å². The highest BCUT2D eigenvalue weighted by Gasteiger charge is 2.21. The zero-order chi connectivity index (χ0) is 13.2. The first kappa shape index (κ1) is 13.1. The molecule has 1 saturated carbocycles. The molecule has 102 valence electrons. The third-order valence-electron chi connectivity index (χ3n) is 3.88. The molecule has 1 aromatic heterocycles. The largest absolute Gasteiger partial charge is 0.309 e. The molecule has 0 radical (unpaired) electrons. The van der Waals surface area contributed by atoms with Crippen molar-refractivity contribution in [2.45, 2.75) is 38.9 Å². The van der Waals surface area contributed by atoms with Crippen molar-refractivity contribution in [3.8, 4) is 0 Å². The SMILES string of the molecule is CCN(C)Cc1c(CNC2CC2)sc2ccccc12. The van der Waals surface area contributed by atoms with E-state index in [4.69, 9.17) is 0 Å². The average molecular weight is 274 g/mol. The van der Waals surface area contributed by atoms with Crippen LogP contribution in [0.4, 0.5) is 0 Å². The number of thiophene rings is 1. The van der Waals surface area contributed by atoms with Gasteiger partial charge in [-0.2, -0.15) is 0 Å². The van der Waals surface area contributed by atoms with Crippen LogP contribution in [0.25, 0.3) is 10.1 Å². The first-order valence-corrected chi connectivity index (χ1v) is 8.00. The van der Waals surface area contributed by atoms with Crippen LogP contribution in [0.2, 0.25) is 0 Å². The van der Waals surface area contributed by atoms with E-state index in [-0.39, 0.29) is 0 Å². The van der Waals surface area contributed by atoms with Gasteiger partial charge in [-0.1, -0.05) is 25.1 Å². The number of rotatable bonds is 6. The minimum Gasteiger partial charge on any atom is -0.309 e. The second kappa shape index (κ2) is 5.61. The zero-order valence-electron chi connectivity index (χ0n) is 11.8. The first-order chi connectivity index (χ1) is 9.28. The maximum atomic E-state index is 3.66. The molecular formula is C16H22N2S. The van der Waals surface area contributed by atoms with E-state index >= 15 is 0 Å². The molecule has 0 amide bonds. The lowest BCUT2D eigenvalue weighted by molar-refractivity contribution is 0.346. The topological polar surface area (TPSA) is 15.3 Å². The Morgan fingerprint density at radius 1 is 1.32 bits per heavy atom. The summed E-state index contributed by atoms with van der Waals surface area (Å²) in [5, 5.41) is 5.10. The van der Waals surface area contributed by atoms with Crippen molar-refractivity contribution in [2.75, 3.05) is 13.6 Å². The van der Waals surface area contributed by atoms with Gasteiger partial charge in [0, 0.05) is 28.7 Å². The van der Waals surface area contributed by atoms with Gasteiger partial charge in [0.15, 0.2) is 0 Å². The van der Waals surface area contributed by atoms with Gasteiger partial charge in [0.05, 0.1) is 0 Å². The molecule has 1 N–H and O–H groups in total. The highest BCUT2D eigenvalue weighted by atomic mass is 32.1. The molecule has 1 aliphatic carbocycles. The lowest BCUT2D eigenvalue weighted by Gasteiger charge is -2.15. The molecule has 1 aromatic carbocycles. The van der Waals surface area contributed by atoms with Crippen molar-refractivity contribution < 1.29 is 0 Å². The van der Waals surface area contributed by atoms with E-state index in [0.29, 0.717) is 0 Å². The molecule has 0 atom stereocenters. The summed E-state index contributed by atoms with van der Waals surface area (Å²) in [4.78, 5) is 3.91. The molecule has 0 unspecified atom stereocenters. The van der Waals surface area contributed by atoms with E-state index in [0.717, 1.165) is 25.7 Å².